The fourth-order valence-corrected chi connectivity index (χ4v) is 3.59. The van der Waals surface area contributed by atoms with Gasteiger partial charge in [-0.1, -0.05) is 6.07 Å². The van der Waals surface area contributed by atoms with Crippen molar-refractivity contribution in [3.8, 4) is 17.2 Å². The van der Waals surface area contributed by atoms with Crippen molar-refractivity contribution in [3.05, 3.63) is 63.5 Å². The Morgan fingerprint density at radius 2 is 1.78 bits per heavy atom. The number of aryl methyl sites for hydroxylation is 1. The maximum atomic E-state index is 12.2. The fraction of sp³-hybridized carbons (Fsp3) is 0.238. The molecule has 1 aliphatic rings. The second-order valence-electron chi connectivity index (χ2n) is 6.45. The number of ether oxygens (including phenoxy) is 3. The average molecular weight is 366 g/mol. The zero-order valence-electron chi connectivity index (χ0n) is 15.2. The lowest BCUT2D eigenvalue weighted by Crippen LogP contribution is -2.21. The number of fused-ring (bicyclic) bond motifs is 3. The van der Waals surface area contributed by atoms with Crippen molar-refractivity contribution in [1.82, 2.24) is 0 Å². The van der Waals surface area contributed by atoms with Gasteiger partial charge < -0.3 is 18.6 Å². The summed E-state index contributed by atoms with van der Waals surface area (Å²) in [5.41, 5.74) is 2.37. The summed E-state index contributed by atoms with van der Waals surface area (Å²) in [7, 11) is 3.12. The molecule has 0 saturated carbocycles. The van der Waals surface area contributed by atoms with E-state index < -0.39 is 5.63 Å². The van der Waals surface area contributed by atoms with Crippen molar-refractivity contribution in [3.63, 3.8) is 0 Å². The number of hydrogen-bond acceptors (Lipinski definition) is 6. The molecule has 0 spiro atoms. The van der Waals surface area contributed by atoms with E-state index in [0.29, 0.717) is 28.4 Å². The quantitative estimate of drug-likeness (QED) is 0.401. The summed E-state index contributed by atoms with van der Waals surface area (Å²) in [5.74, 6) is 0.909. The zero-order chi connectivity index (χ0) is 19.1. The molecule has 0 bridgehead atoms. The number of benzene rings is 2. The molecule has 4 rings (SSSR count). The Labute approximate surface area is 155 Å². The van der Waals surface area contributed by atoms with Gasteiger partial charge in [-0.15, -0.1) is 0 Å². The van der Waals surface area contributed by atoms with Gasteiger partial charge in [-0.25, -0.2) is 4.79 Å². The first-order chi connectivity index (χ1) is 13.0. The number of methoxy groups -OCH3 is 2. The molecule has 138 valence electrons. The maximum absolute atomic E-state index is 12.2. The minimum atomic E-state index is -0.434. The number of carbonyl (C=O) groups is 1. The molecule has 6 nitrogen and oxygen atoms in total. The Balaban J connectivity index is 1.98. The first kappa shape index (κ1) is 17.1. The van der Waals surface area contributed by atoms with Gasteiger partial charge in [-0.2, -0.15) is 0 Å². The van der Waals surface area contributed by atoms with E-state index in [-0.39, 0.29) is 18.3 Å². The molecule has 6 heteroatoms. The van der Waals surface area contributed by atoms with E-state index in [4.69, 9.17) is 18.6 Å². The molecule has 2 aromatic carbocycles. The van der Waals surface area contributed by atoms with Gasteiger partial charge in [0.2, 0.25) is 0 Å². The van der Waals surface area contributed by atoms with Crippen molar-refractivity contribution in [2.24, 2.45) is 0 Å². The largest absolute Gasteiger partial charge is 0.493 e. The second kappa shape index (κ2) is 6.46. The van der Waals surface area contributed by atoms with E-state index in [9.17, 15) is 9.59 Å². The van der Waals surface area contributed by atoms with E-state index in [0.717, 1.165) is 16.5 Å². The molecule has 0 radical (unpaired) electrons. The van der Waals surface area contributed by atoms with E-state index in [2.05, 4.69) is 0 Å². The third-order valence-corrected chi connectivity index (χ3v) is 4.87. The summed E-state index contributed by atoms with van der Waals surface area (Å²) < 4.78 is 21.6. The molecular weight excluding hydrogens is 348 g/mol. The monoisotopic (exact) mass is 366 g/mol. The van der Waals surface area contributed by atoms with Crippen molar-refractivity contribution >= 4 is 16.9 Å². The first-order valence-electron chi connectivity index (χ1n) is 8.51. The van der Waals surface area contributed by atoms with Crippen LogP contribution in [-0.2, 0) is 4.79 Å². The molecule has 0 N–H and O–H groups in total. The molecular formula is C21H18O6. The molecule has 1 unspecified atom stereocenters. The normalized spacial score (nSPS) is 16.0. The topological polar surface area (TPSA) is 75.0 Å². The summed E-state index contributed by atoms with van der Waals surface area (Å²) in [6.45, 7) is 1.85. The van der Waals surface area contributed by atoms with Crippen LogP contribution in [0.3, 0.4) is 0 Å². The van der Waals surface area contributed by atoms with E-state index in [1.54, 1.807) is 32.4 Å². The van der Waals surface area contributed by atoms with E-state index in [1.807, 2.05) is 19.1 Å². The van der Waals surface area contributed by atoms with Crippen molar-refractivity contribution in [1.29, 1.82) is 0 Å². The van der Waals surface area contributed by atoms with Gasteiger partial charge in [0.15, 0.2) is 11.5 Å². The van der Waals surface area contributed by atoms with Gasteiger partial charge in [0.25, 0.3) is 0 Å². The second-order valence-corrected chi connectivity index (χ2v) is 6.45. The highest BCUT2D eigenvalue weighted by molar-refractivity contribution is 5.90. The van der Waals surface area contributed by atoms with Crippen LogP contribution in [0.4, 0.5) is 0 Å². The molecule has 0 saturated heterocycles. The van der Waals surface area contributed by atoms with Gasteiger partial charge in [-0.05, 0) is 42.3 Å². The van der Waals surface area contributed by atoms with E-state index >= 15 is 0 Å². The lowest BCUT2D eigenvalue weighted by Gasteiger charge is -2.26. The highest BCUT2D eigenvalue weighted by Crippen LogP contribution is 2.44. The Kier molecular flexibility index (Phi) is 4.11. The van der Waals surface area contributed by atoms with Gasteiger partial charge >= 0.3 is 11.6 Å². The molecule has 0 fully saturated rings. The van der Waals surface area contributed by atoms with Crippen LogP contribution in [-0.4, -0.2) is 20.2 Å². The highest BCUT2D eigenvalue weighted by atomic mass is 16.5. The predicted molar refractivity (Wildman–Crippen MR) is 98.9 cm³/mol. The zero-order valence-corrected chi connectivity index (χ0v) is 15.2. The average Bonchev–Trinajstić information content (AvgIpc) is 2.66. The molecule has 27 heavy (non-hydrogen) atoms. The van der Waals surface area contributed by atoms with Crippen LogP contribution >= 0.6 is 0 Å². The standard InChI is InChI=1S/C21H18O6/c1-11-8-18(22)27-21-13(11)5-7-16-20(21)14(10-19(23)26-16)12-4-6-15(24-2)17(9-12)25-3/h4-9,14H,10H2,1-3H3. The van der Waals surface area contributed by atoms with Crippen molar-refractivity contribution in [2.45, 2.75) is 19.3 Å². The van der Waals surface area contributed by atoms with Crippen LogP contribution in [0.5, 0.6) is 17.2 Å². The third kappa shape index (κ3) is 2.83. The van der Waals surface area contributed by atoms with Gasteiger partial charge in [0.05, 0.1) is 20.6 Å². The molecule has 1 atom stereocenters. The van der Waals surface area contributed by atoms with Crippen LogP contribution in [0.25, 0.3) is 11.0 Å². The summed E-state index contributed by atoms with van der Waals surface area (Å²) in [5, 5.41) is 0.816. The number of hydrogen-bond donors (Lipinski definition) is 0. The predicted octanol–water partition coefficient (Wildman–Crippen LogP) is 3.56. The van der Waals surface area contributed by atoms with Crippen molar-refractivity contribution in [2.75, 3.05) is 14.2 Å². The highest BCUT2D eigenvalue weighted by Gasteiger charge is 2.32. The van der Waals surface area contributed by atoms with E-state index in [1.165, 1.54) is 6.07 Å². The lowest BCUT2D eigenvalue weighted by molar-refractivity contribution is -0.135. The van der Waals surface area contributed by atoms with Crippen LogP contribution < -0.4 is 19.8 Å². The smallest absolute Gasteiger partial charge is 0.336 e. The summed E-state index contributed by atoms with van der Waals surface area (Å²) in [4.78, 5) is 24.2. The minimum Gasteiger partial charge on any atom is -0.493 e. The number of rotatable bonds is 3. The van der Waals surface area contributed by atoms with Crippen LogP contribution in [0, 0.1) is 6.92 Å². The van der Waals surface area contributed by atoms with Gasteiger partial charge in [0.1, 0.15) is 11.3 Å². The Bertz CT molecular complexity index is 1110. The van der Waals surface area contributed by atoms with Crippen LogP contribution in [0.15, 0.2) is 45.6 Å². The van der Waals surface area contributed by atoms with Crippen molar-refractivity contribution < 1.29 is 23.4 Å². The Morgan fingerprint density at radius 3 is 2.52 bits per heavy atom. The lowest BCUT2D eigenvalue weighted by atomic mass is 9.85. The Hall–Kier alpha value is -3.28. The molecule has 1 aromatic heterocycles. The van der Waals surface area contributed by atoms with Crippen LogP contribution in [0.1, 0.15) is 29.0 Å². The third-order valence-electron chi connectivity index (χ3n) is 4.87. The molecule has 0 amide bonds. The van der Waals surface area contributed by atoms with Gasteiger partial charge in [0, 0.05) is 22.9 Å². The van der Waals surface area contributed by atoms with Gasteiger partial charge in [-0.3, -0.25) is 4.79 Å². The summed E-state index contributed by atoms with van der Waals surface area (Å²) >= 11 is 0. The summed E-state index contributed by atoms with van der Waals surface area (Å²) in [6.07, 6.45) is 0.138. The Morgan fingerprint density at radius 1 is 1.00 bits per heavy atom. The minimum absolute atomic E-state index is 0.138. The van der Waals surface area contributed by atoms with Crippen LogP contribution in [0.2, 0.25) is 0 Å². The molecule has 3 aromatic rings. The molecule has 0 aliphatic carbocycles. The molecule has 1 aliphatic heterocycles. The summed E-state index contributed by atoms with van der Waals surface area (Å²) in [6, 6.07) is 10.5. The number of esters is 1. The first-order valence-corrected chi connectivity index (χ1v) is 8.51. The fourth-order valence-electron chi connectivity index (χ4n) is 3.59. The molecule has 2 heterocycles. The number of carbonyl (C=O) groups excluding carboxylic acids is 1. The maximum Gasteiger partial charge on any atom is 0.336 e. The SMILES string of the molecule is COc1ccc(C2CC(=O)Oc3ccc4c(C)cc(=O)oc4c32)cc1OC.